The number of nitrogens with zero attached hydrogens (tertiary/aromatic N) is 1. The maximum atomic E-state index is 12.6. The molecule has 180 valence electrons. The van der Waals surface area contributed by atoms with Crippen LogP contribution in [0.1, 0.15) is 10.4 Å². The largest absolute Gasteiger partial charge is 0.492 e. The van der Waals surface area contributed by atoms with Gasteiger partial charge in [-0.05, 0) is 42.5 Å². The van der Waals surface area contributed by atoms with E-state index in [2.05, 4.69) is 9.46 Å². The van der Waals surface area contributed by atoms with Crippen LogP contribution in [0.5, 0.6) is 5.75 Å². The van der Waals surface area contributed by atoms with E-state index in [0.717, 1.165) is 6.07 Å². The summed E-state index contributed by atoms with van der Waals surface area (Å²) in [5.74, 6) is -0.367. The molecule has 0 bridgehead atoms. The Bertz CT molecular complexity index is 1200. The molecule has 33 heavy (non-hydrogen) atoms. The number of morpholine rings is 1. The van der Waals surface area contributed by atoms with Gasteiger partial charge in [-0.3, -0.25) is 0 Å². The van der Waals surface area contributed by atoms with Crippen LogP contribution >= 0.6 is 11.6 Å². The second kappa shape index (κ2) is 10.8. The zero-order valence-electron chi connectivity index (χ0n) is 17.7. The van der Waals surface area contributed by atoms with Gasteiger partial charge in [-0.25, -0.2) is 26.4 Å². The molecule has 2 aromatic rings. The molecule has 1 heterocycles. The molecular weight excluding hydrogens is 496 g/mol. The fraction of sp³-hybridized carbons (Fsp3) is 0.350. The van der Waals surface area contributed by atoms with Gasteiger partial charge in [-0.2, -0.15) is 4.31 Å². The Morgan fingerprint density at radius 3 is 2.33 bits per heavy atom. The molecule has 2 aromatic carbocycles. The number of hydrogen-bond donors (Lipinski definition) is 1. The Morgan fingerprint density at radius 1 is 1.06 bits per heavy atom. The van der Waals surface area contributed by atoms with Gasteiger partial charge in [0.1, 0.15) is 12.4 Å². The van der Waals surface area contributed by atoms with Crippen LogP contribution in [0, 0.1) is 0 Å². The van der Waals surface area contributed by atoms with Gasteiger partial charge in [0.15, 0.2) is 0 Å². The first kappa shape index (κ1) is 25.4. The van der Waals surface area contributed by atoms with Crippen LogP contribution in [-0.4, -0.2) is 73.7 Å². The van der Waals surface area contributed by atoms with Crippen molar-refractivity contribution < 1.29 is 35.8 Å². The summed E-state index contributed by atoms with van der Waals surface area (Å²) in [4.78, 5) is 11.7. The van der Waals surface area contributed by atoms with E-state index in [9.17, 15) is 21.6 Å². The lowest BCUT2D eigenvalue weighted by Crippen LogP contribution is -2.40. The van der Waals surface area contributed by atoms with Gasteiger partial charge in [-0.15, -0.1) is 0 Å². The number of rotatable bonds is 9. The second-order valence-electron chi connectivity index (χ2n) is 6.87. The van der Waals surface area contributed by atoms with Crippen molar-refractivity contribution in [1.82, 2.24) is 9.03 Å². The Labute approximate surface area is 197 Å². The predicted octanol–water partition coefficient (Wildman–Crippen LogP) is 1.50. The van der Waals surface area contributed by atoms with Crippen molar-refractivity contribution >= 4 is 37.6 Å². The van der Waals surface area contributed by atoms with Crippen LogP contribution in [0.4, 0.5) is 0 Å². The third-order valence-electron chi connectivity index (χ3n) is 4.75. The average molecular weight is 519 g/mol. The topological polar surface area (TPSA) is 128 Å². The molecule has 1 N–H and O–H groups in total. The molecule has 1 saturated heterocycles. The molecule has 0 aliphatic carbocycles. The van der Waals surface area contributed by atoms with Gasteiger partial charge in [0, 0.05) is 19.6 Å². The van der Waals surface area contributed by atoms with Crippen molar-refractivity contribution in [3.8, 4) is 5.75 Å². The van der Waals surface area contributed by atoms with E-state index in [1.54, 1.807) is 0 Å². The van der Waals surface area contributed by atoms with Gasteiger partial charge >= 0.3 is 5.97 Å². The highest BCUT2D eigenvalue weighted by molar-refractivity contribution is 7.89. The van der Waals surface area contributed by atoms with Crippen molar-refractivity contribution in [1.29, 1.82) is 0 Å². The average Bonchev–Trinajstić information content (AvgIpc) is 2.82. The van der Waals surface area contributed by atoms with Gasteiger partial charge < -0.3 is 14.2 Å². The molecule has 13 heteroatoms. The lowest BCUT2D eigenvalue weighted by Gasteiger charge is -2.26. The maximum absolute atomic E-state index is 12.6. The van der Waals surface area contributed by atoms with Gasteiger partial charge in [0.2, 0.25) is 20.0 Å². The van der Waals surface area contributed by atoms with Crippen molar-refractivity contribution in [2.45, 2.75) is 9.79 Å². The minimum atomic E-state index is -3.93. The summed E-state index contributed by atoms with van der Waals surface area (Å²) < 4.78 is 69.2. The Hall–Kier alpha value is -2.22. The number of nitrogens with one attached hydrogen (secondary N) is 1. The zero-order chi connectivity index (χ0) is 24.1. The number of ether oxygens (including phenoxy) is 3. The molecule has 10 nitrogen and oxygen atoms in total. The number of benzene rings is 2. The molecule has 1 fully saturated rings. The second-order valence-corrected chi connectivity index (χ2v) is 11.0. The minimum absolute atomic E-state index is 0.00770. The Morgan fingerprint density at radius 2 is 1.70 bits per heavy atom. The zero-order valence-corrected chi connectivity index (χ0v) is 20.1. The predicted molar refractivity (Wildman–Crippen MR) is 119 cm³/mol. The third kappa shape index (κ3) is 6.22. The minimum Gasteiger partial charge on any atom is -0.492 e. The van der Waals surface area contributed by atoms with Crippen molar-refractivity contribution in [2.75, 3.05) is 46.6 Å². The Kier molecular flexibility index (Phi) is 8.32. The molecular formula is C20H23ClN2O8S2. The first-order valence-electron chi connectivity index (χ1n) is 9.83. The van der Waals surface area contributed by atoms with Crippen molar-refractivity contribution in [2.24, 2.45) is 0 Å². The van der Waals surface area contributed by atoms with E-state index in [0.29, 0.717) is 32.1 Å². The molecule has 0 aromatic heterocycles. The lowest BCUT2D eigenvalue weighted by atomic mass is 10.2. The molecule has 1 aliphatic rings. The molecule has 0 saturated carbocycles. The maximum Gasteiger partial charge on any atom is 0.339 e. The molecule has 0 spiro atoms. The normalized spacial score (nSPS) is 15.2. The fourth-order valence-electron chi connectivity index (χ4n) is 3.01. The highest BCUT2D eigenvalue weighted by Crippen LogP contribution is 2.22. The summed E-state index contributed by atoms with van der Waals surface area (Å²) in [6, 6.07) is 9.58. The number of carbonyl (C=O) groups is 1. The molecule has 0 unspecified atom stereocenters. The van der Waals surface area contributed by atoms with Gasteiger partial charge in [0.25, 0.3) is 0 Å². The third-order valence-corrected chi connectivity index (χ3v) is 8.45. The fourth-order valence-corrected chi connectivity index (χ4v) is 5.65. The summed E-state index contributed by atoms with van der Waals surface area (Å²) in [5.41, 5.74) is -0.0644. The van der Waals surface area contributed by atoms with Crippen LogP contribution in [0.25, 0.3) is 0 Å². The first-order chi connectivity index (χ1) is 15.6. The van der Waals surface area contributed by atoms with Crippen LogP contribution in [0.15, 0.2) is 52.3 Å². The highest BCUT2D eigenvalue weighted by atomic mass is 35.5. The molecule has 0 radical (unpaired) electrons. The van der Waals surface area contributed by atoms with Gasteiger partial charge in [-0.1, -0.05) is 11.6 Å². The smallest absolute Gasteiger partial charge is 0.339 e. The standard InChI is InChI=1S/C20H23ClN2O8S2/c1-29-20(24)18-14-17(6-7-19(18)21)32(25,26)22-8-11-31-15-2-4-16(5-3-15)33(27,28)23-9-12-30-13-10-23/h2-7,14,22H,8-13H2,1H3. The van der Waals surface area contributed by atoms with E-state index in [-0.39, 0.29) is 33.5 Å². The SMILES string of the molecule is COC(=O)c1cc(S(=O)(=O)NCCOc2ccc(S(=O)(=O)N3CCOCC3)cc2)ccc1Cl. The monoisotopic (exact) mass is 518 g/mol. The lowest BCUT2D eigenvalue weighted by molar-refractivity contribution is 0.0600. The van der Waals surface area contributed by atoms with E-state index in [1.807, 2.05) is 0 Å². The van der Waals surface area contributed by atoms with E-state index < -0.39 is 26.0 Å². The van der Waals surface area contributed by atoms with Crippen LogP contribution in [0.2, 0.25) is 5.02 Å². The summed E-state index contributed by atoms with van der Waals surface area (Å²) in [7, 11) is -6.36. The van der Waals surface area contributed by atoms with Crippen LogP contribution < -0.4 is 9.46 Å². The van der Waals surface area contributed by atoms with Gasteiger partial charge in [0.05, 0.1) is 40.7 Å². The highest BCUT2D eigenvalue weighted by Gasteiger charge is 2.26. The van der Waals surface area contributed by atoms with E-state index >= 15 is 0 Å². The molecule has 1 aliphatic heterocycles. The number of methoxy groups -OCH3 is 1. The summed E-state index contributed by atoms with van der Waals surface area (Å²) in [5, 5.41) is 0.0724. The van der Waals surface area contributed by atoms with E-state index in [1.165, 1.54) is 47.8 Å². The van der Waals surface area contributed by atoms with E-state index in [4.69, 9.17) is 21.1 Å². The number of hydrogen-bond acceptors (Lipinski definition) is 8. The number of sulfonamides is 2. The number of esters is 1. The summed E-state index contributed by atoms with van der Waals surface area (Å²) >= 11 is 5.92. The van der Waals surface area contributed by atoms with Crippen LogP contribution in [0.3, 0.4) is 0 Å². The van der Waals surface area contributed by atoms with Crippen molar-refractivity contribution in [3.63, 3.8) is 0 Å². The molecule has 0 atom stereocenters. The van der Waals surface area contributed by atoms with Crippen molar-refractivity contribution in [3.05, 3.63) is 53.1 Å². The molecule has 3 rings (SSSR count). The summed E-state index contributed by atoms with van der Waals surface area (Å²) in [6.07, 6.45) is 0. The van der Waals surface area contributed by atoms with Crippen LogP contribution in [-0.2, 0) is 29.5 Å². The Balaban J connectivity index is 1.56. The number of carbonyl (C=O) groups excluding carboxylic acids is 1. The quantitative estimate of drug-likeness (QED) is 0.390. The summed E-state index contributed by atoms with van der Waals surface area (Å²) in [6.45, 7) is 1.25. The number of halogens is 1. The molecule has 0 amide bonds. The first-order valence-corrected chi connectivity index (χ1v) is 13.1.